The summed E-state index contributed by atoms with van der Waals surface area (Å²) in [4.78, 5) is 0. The SMILES string of the molecule is CC(C)NCc1ccc(-c2ccccc2)c(Cl)c1. The Kier molecular flexibility index (Phi) is 4.40. The molecule has 2 aromatic carbocycles. The first-order valence-corrected chi connectivity index (χ1v) is 6.62. The third-order valence-electron chi connectivity index (χ3n) is 2.83. The van der Waals surface area contributed by atoms with Crippen molar-refractivity contribution in [1.82, 2.24) is 5.32 Å². The second-order valence-electron chi connectivity index (χ2n) is 4.72. The average molecular weight is 260 g/mol. The number of hydrogen-bond donors (Lipinski definition) is 1. The molecule has 2 aromatic rings. The van der Waals surface area contributed by atoms with Crippen LogP contribution in [-0.4, -0.2) is 6.04 Å². The molecule has 0 radical (unpaired) electrons. The van der Waals surface area contributed by atoms with Gasteiger partial charge < -0.3 is 5.32 Å². The lowest BCUT2D eigenvalue weighted by molar-refractivity contribution is 0.589. The molecular formula is C16H18ClN. The number of nitrogens with one attached hydrogen (secondary N) is 1. The third-order valence-corrected chi connectivity index (χ3v) is 3.15. The zero-order valence-corrected chi connectivity index (χ0v) is 11.5. The van der Waals surface area contributed by atoms with Crippen LogP contribution in [0.4, 0.5) is 0 Å². The molecule has 0 bridgehead atoms. The largest absolute Gasteiger partial charge is 0.310 e. The maximum absolute atomic E-state index is 6.35. The highest BCUT2D eigenvalue weighted by molar-refractivity contribution is 6.33. The van der Waals surface area contributed by atoms with Crippen LogP contribution < -0.4 is 5.32 Å². The van der Waals surface area contributed by atoms with Gasteiger partial charge in [0.25, 0.3) is 0 Å². The molecule has 2 heteroatoms. The molecule has 0 aromatic heterocycles. The fourth-order valence-corrected chi connectivity index (χ4v) is 2.15. The molecule has 0 atom stereocenters. The molecule has 0 fully saturated rings. The monoisotopic (exact) mass is 259 g/mol. The topological polar surface area (TPSA) is 12.0 Å². The molecule has 0 aliphatic heterocycles. The van der Waals surface area contributed by atoms with Crippen molar-refractivity contribution in [3.8, 4) is 11.1 Å². The quantitative estimate of drug-likeness (QED) is 0.852. The van der Waals surface area contributed by atoms with Crippen molar-refractivity contribution in [3.05, 3.63) is 59.1 Å². The summed E-state index contributed by atoms with van der Waals surface area (Å²) < 4.78 is 0. The fourth-order valence-electron chi connectivity index (χ4n) is 1.84. The van der Waals surface area contributed by atoms with Gasteiger partial charge in [-0.3, -0.25) is 0 Å². The molecule has 0 saturated carbocycles. The van der Waals surface area contributed by atoms with Gasteiger partial charge in [0.1, 0.15) is 0 Å². The molecule has 0 heterocycles. The van der Waals surface area contributed by atoms with E-state index in [-0.39, 0.29) is 0 Å². The van der Waals surface area contributed by atoms with E-state index in [1.165, 1.54) is 5.56 Å². The molecule has 0 aliphatic carbocycles. The molecule has 0 aliphatic rings. The van der Waals surface area contributed by atoms with E-state index in [4.69, 9.17) is 11.6 Å². The van der Waals surface area contributed by atoms with Gasteiger partial charge in [0.15, 0.2) is 0 Å². The minimum absolute atomic E-state index is 0.484. The zero-order chi connectivity index (χ0) is 13.0. The van der Waals surface area contributed by atoms with E-state index in [1.54, 1.807) is 0 Å². The van der Waals surface area contributed by atoms with Gasteiger partial charge >= 0.3 is 0 Å². The zero-order valence-electron chi connectivity index (χ0n) is 10.8. The van der Waals surface area contributed by atoms with Crippen LogP contribution in [0.25, 0.3) is 11.1 Å². The average Bonchev–Trinajstić information content (AvgIpc) is 2.37. The number of rotatable bonds is 4. The van der Waals surface area contributed by atoms with Crippen molar-refractivity contribution in [1.29, 1.82) is 0 Å². The highest BCUT2D eigenvalue weighted by Gasteiger charge is 2.04. The van der Waals surface area contributed by atoms with Gasteiger partial charge in [0, 0.05) is 23.2 Å². The highest BCUT2D eigenvalue weighted by atomic mass is 35.5. The van der Waals surface area contributed by atoms with Crippen LogP contribution in [-0.2, 0) is 6.54 Å². The first kappa shape index (κ1) is 13.1. The van der Waals surface area contributed by atoms with Gasteiger partial charge in [-0.05, 0) is 17.2 Å². The lowest BCUT2D eigenvalue weighted by atomic mass is 10.0. The lowest BCUT2D eigenvalue weighted by Crippen LogP contribution is -2.21. The fraction of sp³-hybridized carbons (Fsp3) is 0.250. The van der Waals surface area contributed by atoms with Crippen LogP contribution >= 0.6 is 11.6 Å². The van der Waals surface area contributed by atoms with Crippen molar-refractivity contribution in [2.75, 3.05) is 0 Å². The van der Waals surface area contributed by atoms with Crippen molar-refractivity contribution in [2.45, 2.75) is 26.4 Å². The van der Waals surface area contributed by atoms with Crippen LogP contribution in [0.2, 0.25) is 5.02 Å². The van der Waals surface area contributed by atoms with Crippen molar-refractivity contribution in [3.63, 3.8) is 0 Å². The second-order valence-corrected chi connectivity index (χ2v) is 5.12. The summed E-state index contributed by atoms with van der Waals surface area (Å²) in [5.74, 6) is 0. The molecule has 1 N–H and O–H groups in total. The maximum atomic E-state index is 6.35. The van der Waals surface area contributed by atoms with E-state index < -0.39 is 0 Å². The molecule has 0 saturated heterocycles. The van der Waals surface area contributed by atoms with Crippen LogP contribution in [0.1, 0.15) is 19.4 Å². The number of benzene rings is 2. The van der Waals surface area contributed by atoms with E-state index in [9.17, 15) is 0 Å². The Bertz CT molecular complexity index is 506. The van der Waals surface area contributed by atoms with Crippen molar-refractivity contribution >= 4 is 11.6 Å². The molecule has 0 unspecified atom stereocenters. The van der Waals surface area contributed by atoms with Crippen LogP contribution in [0.5, 0.6) is 0 Å². The molecule has 1 nitrogen and oxygen atoms in total. The van der Waals surface area contributed by atoms with Crippen molar-refractivity contribution in [2.24, 2.45) is 0 Å². The first-order chi connectivity index (χ1) is 8.66. The van der Waals surface area contributed by atoms with Gasteiger partial charge in [-0.2, -0.15) is 0 Å². The Morgan fingerprint density at radius 3 is 2.39 bits per heavy atom. The summed E-state index contributed by atoms with van der Waals surface area (Å²) in [5, 5.41) is 4.20. The van der Waals surface area contributed by atoms with Gasteiger partial charge in [-0.25, -0.2) is 0 Å². The Balaban J connectivity index is 2.20. The van der Waals surface area contributed by atoms with Crippen LogP contribution in [0.3, 0.4) is 0 Å². The predicted molar refractivity (Wildman–Crippen MR) is 78.9 cm³/mol. The summed E-state index contributed by atoms with van der Waals surface area (Å²) in [7, 11) is 0. The number of halogens is 1. The Labute approximate surface area is 114 Å². The smallest absolute Gasteiger partial charge is 0.0487 e. The summed E-state index contributed by atoms with van der Waals surface area (Å²) in [6, 6.07) is 17.0. The third kappa shape index (κ3) is 3.34. The number of hydrogen-bond acceptors (Lipinski definition) is 1. The summed E-state index contributed by atoms with van der Waals surface area (Å²) in [6.07, 6.45) is 0. The van der Waals surface area contributed by atoms with Gasteiger partial charge in [-0.15, -0.1) is 0 Å². The predicted octanol–water partition coefficient (Wildman–Crippen LogP) is 4.51. The molecule has 94 valence electrons. The van der Waals surface area contributed by atoms with Crippen LogP contribution in [0, 0.1) is 0 Å². The Morgan fingerprint density at radius 2 is 1.78 bits per heavy atom. The van der Waals surface area contributed by atoms with E-state index in [1.807, 2.05) is 24.3 Å². The van der Waals surface area contributed by atoms with E-state index in [2.05, 4.69) is 43.4 Å². The maximum Gasteiger partial charge on any atom is 0.0487 e. The second kappa shape index (κ2) is 6.03. The molecule has 18 heavy (non-hydrogen) atoms. The van der Waals surface area contributed by atoms with Gasteiger partial charge in [0.05, 0.1) is 0 Å². The first-order valence-electron chi connectivity index (χ1n) is 6.24. The molecule has 2 rings (SSSR count). The summed E-state index contributed by atoms with van der Waals surface area (Å²) >= 11 is 6.35. The van der Waals surface area contributed by atoms with Crippen LogP contribution in [0.15, 0.2) is 48.5 Å². The molecular weight excluding hydrogens is 242 g/mol. The van der Waals surface area contributed by atoms with E-state index in [0.29, 0.717) is 6.04 Å². The molecule has 0 amide bonds. The van der Waals surface area contributed by atoms with Gasteiger partial charge in [-0.1, -0.05) is 67.9 Å². The summed E-state index contributed by atoms with van der Waals surface area (Å²) in [5.41, 5.74) is 3.46. The Morgan fingerprint density at radius 1 is 1.06 bits per heavy atom. The Hall–Kier alpha value is -1.31. The standard InChI is InChI=1S/C16H18ClN/c1-12(2)18-11-13-8-9-15(16(17)10-13)14-6-4-3-5-7-14/h3-10,12,18H,11H2,1-2H3. The lowest BCUT2D eigenvalue weighted by Gasteiger charge is -2.10. The van der Waals surface area contributed by atoms with Crippen molar-refractivity contribution < 1.29 is 0 Å². The summed E-state index contributed by atoms with van der Waals surface area (Å²) in [6.45, 7) is 5.13. The van der Waals surface area contributed by atoms with Gasteiger partial charge in [0.2, 0.25) is 0 Å². The molecule has 0 spiro atoms. The van der Waals surface area contributed by atoms with E-state index in [0.717, 1.165) is 22.7 Å². The highest BCUT2D eigenvalue weighted by Crippen LogP contribution is 2.28. The normalized spacial score (nSPS) is 10.9. The van der Waals surface area contributed by atoms with E-state index >= 15 is 0 Å². The minimum Gasteiger partial charge on any atom is -0.310 e. The minimum atomic E-state index is 0.484.